The third kappa shape index (κ3) is 8.89. The maximum Gasteiger partial charge on any atom is 0 e. The van der Waals surface area contributed by atoms with E-state index in [0.29, 0.717) is 0 Å². The van der Waals surface area contributed by atoms with Crippen LogP contribution in [0.15, 0.2) is 0 Å². The van der Waals surface area contributed by atoms with E-state index >= 15 is 0 Å². The molecule has 1 radical (unpaired) electrons. The zero-order chi connectivity index (χ0) is 0. The Balaban J connectivity index is 0. The maximum atomic E-state index is 0. The first-order chi connectivity index (χ1) is 0. The molecule has 0 fully saturated rings. The molecule has 0 unspecified atom stereocenters. The van der Waals surface area contributed by atoms with Gasteiger partial charge in [0.1, 0.15) is 0 Å². The van der Waals surface area contributed by atoms with E-state index in [4.69, 9.17) is 0 Å². The Morgan fingerprint density at radius 1 is 0.500 bits per heavy atom. The van der Waals surface area contributed by atoms with E-state index in [2.05, 4.69) is 0 Å². The van der Waals surface area contributed by atoms with Crippen LogP contribution in [-0.4, -0.2) is 0 Å². The molecule has 0 aliphatic carbocycles. The van der Waals surface area contributed by atoms with Crippen LogP contribution in [0.2, 0.25) is 0 Å². The molecule has 0 saturated heterocycles. The molecule has 0 atom stereocenters. The molecule has 0 rings (SSSR count). The van der Waals surface area contributed by atoms with Crippen LogP contribution in [0.3, 0.4) is 0 Å². The quantitative estimate of drug-likeness (QED) is 0.365. The SMILES string of the molecule is [Br-].[Br-].[Br-].[Ta]. The van der Waals surface area contributed by atoms with Gasteiger partial charge in [-0.25, -0.2) is 0 Å². The molecule has 4 heavy (non-hydrogen) atoms. The van der Waals surface area contributed by atoms with E-state index < -0.39 is 0 Å². The average molecular weight is 421 g/mol. The van der Waals surface area contributed by atoms with E-state index in [1.807, 2.05) is 0 Å². The molecule has 0 amide bonds. The molecule has 0 spiro atoms. The predicted octanol–water partition coefficient (Wildman–Crippen LogP) is -8.99. The fourth-order valence-corrected chi connectivity index (χ4v) is 0. The number of rotatable bonds is 0. The first kappa shape index (κ1) is 34.9. The molecular weight excluding hydrogens is 421 g/mol. The monoisotopic (exact) mass is 418 g/mol. The van der Waals surface area contributed by atoms with Gasteiger partial charge in [-0.3, -0.25) is 0 Å². The van der Waals surface area contributed by atoms with Crippen LogP contribution in [0.1, 0.15) is 0 Å². The van der Waals surface area contributed by atoms with Gasteiger partial charge < -0.3 is 50.9 Å². The van der Waals surface area contributed by atoms with Gasteiger partial charge >= 0.3 is 0 Å². The van der Waals surface area contributed by atoms with E-state index in [0.717, 1.165) is 0 Å². The summed E-state index contributed by atoms with van der Waals surface area (Å²) in [6.07, 6.45) is 0. The molecule has 0 nitrogen and oxygen atoms in total. The fourth-order valence-electron chi connectivity index (χ4n) is 0. The van der Waals surface area contributed by atoms with Gasteiger partial charge in [0.05, 0.1) is 0 Å². The summed E-state index contributed by atoms with van der Waals surface area (Å²) in [7, 11) is 0. The Kier molecular flexibility index (Phi) is 166. The Bertz CT molecular complexity index is 3.25. The maximum absolute atomic E-state index is 0. The van der Waals surface area contributed by atoms with Crippen molar-refractivity contribution in [2.75, 3.05) is 0 Å². The van der Waals surface area contributed by atoms with Crippen molar-refractivity contribution in [1.82, 2.24) is 0 Å². The largest absolute Gasteiger partial charge is 1.00 e. The molecule has 0 saturated carbocycles. The second kappa shape index (κ2) is 19.0. The first-order valence-electron chi connectivity index (χ1n) is 0. The van der Waals surface area contributed by atoms with Gasteiger partial charge in [0, 0.05) is 22.4 Å². The van der Waals surface area contributed by atoms with Crippen molar-refractivity contribution < 1.29 is 73.3 Å². The zero-order valence-corrected chi connectivity index (χ0v) is 9.55. The second-order valence-electron chi connectivity index (χ2n) is 0. The van der Waals surface area contributed by atoms with Gasteiger partial charge in [0.25, 0.3) is 0 Å². The Morgan fingerprint density at radius 2 is 0.500 bits per heavy atom. The average Bonchev–Trinajstić information content (AvgIpc) is 0. The van der Waals surface area contributed by atoms with Gasteiger partial charge in [0.2, 0.25) is 0 Å². The molecule has 4 heteroatoms. The summed E-state index contributed by atoms with van der Waals surface area (Å²) >= 11 is 0. The molecule has 0 aromatic carbocycles. The van der Waals surface area contributed by atoms with Crippen molar-refractivity contribution in [1.29, 1.82) is 0 Å². The molecule has 0 aromatic heterocycles. The number of halogens is 3. The van der Waals surface area contributed by atoms with Gasteiger partial charge in [-0.1, -0.05) is 0 Å². The molecular formula is Br3Ta-3. The van der Waals surface area contributed by atoms with E-state index in [-0.39, 0.29) is 73.3 Å². The van der Waals surface area contributed by atoms with Gasteiger partial charge in [0.15, 0.2) is 0 Å². The molecule has 29 valence electrons. The van der Waals surface area contributed by atoms with Crippen LogP contribution in [0, 0.1) is 0 Å². The normalized spacial score (nSPS) is 0. The number of hydrogen-bond donors (Lipinski definition) is 0. The second-order valence-corrected chi connectivity index (χ2v) is 0. The fraction of sp³-hybridized carbons (Fsp3) is 0. The van der Waals surface area contributed by atoms with Crippen molar-refractivity contribution in [2.24, 2.45) is 0 Å². The van der Waals surface area contributed by atoms with E-state index in [1.165, 1.54) is 0 Å². The minimum Gasteiger partial charge on any atom is -1.00 e. The summed E-state index contributed by atoms with van der Waals surface area (Å²) in [6, 6.07) is 0. The summed E-state index contributed by atoms with van der Waals surface area (Å²) in [6.45, 7) is 0. The minimum atomic E-state index is 0. The molecule has 0 aliphatic rings. The minimum absolute atomic E-state index is 0. The van der Waals surface area contributed by atoms with Crippen molar-refractivity contribution in [3.63, 3.8) is 0 Å². The summed E-state index contributed by atoms with van der Waals surface area (Å²) < 4.78 is 0. The van der Waals surface area contributed by atoms with E-state index in [1.54, 1.807) is 0 Å². The van der Waals surface area contributed by atoms with Crippen LogP contribution in [0.4, 0.5) is 0 Å². The van der Waals surface area contributed by atoms with Crippen LogP contribution in [0.25, 0.3) is 0 Å². The Morgan fingerprint density at radius 3 is 0.500 bits per heavy atom. The summed E-state index contributed by atoms with van der Waals surface area (Å²) in [5.41, 5.74) is 0. The van der Waals surface area contributed by atoms with Crippen LogP contribution < -0.4 is 50.9 Å². The zero-order valence-electron chi connectivity index (χ0n) is 1.58. The molecule has 0 aromatic rings. The first-order valence-corrected chi connectivity index (χ1v) is 0. The summed E-state index contributed by atoms with van der Waals surface area (Å²) in [4.78, 5) is 0. The van der Waals surface area contributed by atoms with Crippen molar-refractivity contribution in [3.05, 3.63) is 0 Å². The van der Waals surface area contributed by atoms with Crippen molar-refractivity contribution >= 4 is 0 Å². The van der Waals surface area contributed by atoms with Crippen LogP contribution in [-0.2, 0) is 22.4 Å². The van der Waals surface area contributed by atoms with Crippen molar-refractivity contribution in [2.45, 2.75) is 0 Å². The van der Waals surface area contributed by atoms with Crippen LogP contribution >= 0.6 is 0 Å². The van der Waals surface area contributed by atoms with E-state index in [9.17, 15) is 0 Å². The Labute approximate surface area is 72.5 Å². The van der Waals surface area contributed by atoms with Crippen LogP contribution in [0.5, 0.6) is 0 Å². The summed E-state index contributed by atoms with van der Waals surface area (Å²) in [5.74, 6) is 0. The predicted molar refractivity (Wildman–Crippen MR) is 0 cm³/mol. The smallest absolute Gasteiger partial charge is 0 e. The van der Waals surface area contributed by atoms with Gasteiger partial charge in [-0.2, -0.15) is 0 Å². The van der Waals surface area contributed by atoms with Crippen molar-refractivity contribution in [3.8, 4) is 0 Å². The molecule has 0 aliphatic heterocycles. The molecule has 0 heterocycles. The molecule has 0 bridgehead atoms. The standard InChI is InChI=1S/3BrH.Ta/h3*1H;/p-3. The number of hydrogen-bond acceptors (Lipinski definition) is 0. The third-order valence-corrected chi connectivity index (χ3v) is 0. The van der Waals surface area contributed by atoms with Gasteiger partial charge in [-0.05, 0) is 0 Å². The van der Waals surface area contributed by atoms with Gasteiger partial charge in [-0.15, -0.1) is 0 Å². The molecule has 0 N–H and O–H groups in total. The topological polar surface area (TPSA) is 0 Å². The Hall–Kier alpha value is 2.18. The summed E-state index contributed by atoms with van der Waals surface area (Å²) in [5, 5.41) is 0. The third-order valence-electron chi connectivity index (χ3n) is 0.